The molecule has 3 heteroatoms. The summed E-state index contributed by atoms with van der Waals surface area (Å²) in [5.41, 5.74) is -0.561. The molecule has 1 aliphatic rings. The summed E-state index contributed by atoms with van der Waals surface area (Å²) >= 11 is 1.66. The number of hydrogen-bond acceptors (Lipinski definition) is 3. The lowest BCUT2D eigenvalue weighted by atomic mass is 9.66. The monoisotopic (exact) mass is 277 g/mol. The van der Waals surface area contributed by atoms with E-state index in [0.29, 0.717) is 5.92 Å². The summed E-state index contributed by atoms with van der Waals surface area (Å²) in [5, 5.41) is 20.4. The Balaban J connectivity index is 2.22. The maximum Gasteiger partial charge on any atom is 0.107 e. The standard InChI is InChI=1S/C16H23NOS/c1-3-12-6-5-9-16(10-12,11-17)15(18)14-8-7-13(4-2)19-14/h7-8,12,15,18H,3-6,9-10H2,1-2H3. The fourth-order valence-corrected chi connectivity index (χ4v) is 4.25. The Morgan fingerprint density at radius 2 is 2.32 bits per heavy atom. The predicted octanol–water partition coefficient (Wildman–Crippen LogP) is 4.45. The van der Waals surface area contributed by atoms with Crippen molar-refractivity contribution in [3.63, 3.8) is 0 Å². The number of rotatable bonds is 4. The number of nitrogens with zero attached hydrogens (tertiary/aromatic N) is 1. The van der Waals surface area contributed by atoms with E-state index in [1.165, 1.54) is 11.3 Å². The van der Waals surface area contributed by atoms with Crippen LogP contribution in [-0.2, 0) is 6.42 Å². The van der Waals surface area contributed by atoms with E-state index in [1.54, 1.807) is 11.3 Å². The van der Waals surface area contributed by atoms with Gasteiger partial charge in [0.25, 0.3) is 0 Å². The molecule has 0 spiro atoms. The molecule has 1 fully saturated rings. The second-order valence-electron chi connectivity index (χ2n) is 5.70. The van der Waals surface area contributed by atoms with Crippen molar-refractivity contribution >= 4 is 11.3 Å². The molecule has 3 atom stereocenters. The van der Waals surface area contributed by atoms with Crippen molar-refractivity contribution in [1.82, 2.24) is 0 Å². The molecule has 2 nitrogen and oxygen atoms in total. The van der Waals surface area contributed by atoms with E-state index in [0.717, 1.165) is 37.0 Å². The van der Waals surface area contributed by atoms with E-state index in [9.17, 15) is 10.4 Å². The average Bonchev–Trinajstić information content (AvgIpc) is 2.95. The van der Waals surface area contributed by atoms with Crippen LogP contribution >= 0.6 is 11.3 Å². The van der Waals surface area contributed by atoms with Gasteiger partial charge in [-0.15, -0.1) is 11.3 Å². The van der Waals surface area contributed by atoms with Crippen LogP contribution in [0.1, 0.15) is 61.8 Å². The average molecular weight is 277 g/mol. The van der Waals surface area contributed by atoms with Crippen LogP contribution in [-0.4, -0.2) is 5.11 Å². The molecule has 19 heavy (non-hydrogen) atoms. The first-order chi connectivity index (χ1) is 9.15. The van der Waals surface area contributed by atoms with Crippen molar-refractivity contribution in [2.75, 3.05) is 0 Å². The number of hydrogen-bond donors (Lipinski definition) is 1. The third-order valence-electron chi connectivity index (χ3n) is 4.51. The van der Waals surface area contributed by atoms with Crippen LogP contribution in [0.3, 0.4) is 0 Å². The molecule has 1 aromatic heterocycles. The zero-order chi connectivity index (χ0) is 13.9. The summed E-state index contributed by atoms with van der Waals surface area (Å²) in [7, 11) is 0. The van der Waals surface area contributed by atoms with Crippen molar-refractivity contribution in [3.8, 4) is 6.07 Å². The van der Waals surface area contributed by atoms with Crippen LogP contribution in [0.15, 0.2) is 12.1 Å². The van der Waals surface area contributed by atoms with Gasteiger partial charge in [0.2, 0.25) is 0 Å². The summed E-state index contributed by atoms with van der Waals surface area (Å²) in [4.78, 5) is 2.25. The molecule has 0 aromatic carbocycles. The van der Waals surface area contributed by atoms with Gasteiger partial charge in [0.05, 0.1) is 11.5 Å². The van der Waals surface area contributed by atoms with Crippen molar-refractivity contribution in [1.29, 1.82) is 5.26 Å². The second kappa shape index (κ2) is 6.07. The Kier molecular flexibility index (Phi) is 4.65. The second-order valence-corrected chi connectivity index (χ2v) is 6.90. The first-order valence-corrected chi connectivity index (χ1v) is 8.14. The van der Waals surface area contributed by atoms with Crippen molar-refractivity contribution in [2.24, 2.45) is 11.3 Å². The Morgan fingerprint density at radius 1 is 1.53 bits per heavy atom. The molecule has 1 N–H and O–H groups in total. The Labute approximate surface area is 120 Å². The molecule has 0 bridgehead atoms. The van der Waals surface area contributed by atoms with E-state index < -0.39 is 11.5 Å². The van der Waals surface area contributed by atoms with Crippen LogP contribution in [0, 0.1) is 22.7 Å². The molecule has 0 saturated heterocycles. The number of nitriles is 1. The molecule has 1 heterocycles. The quantitative estimate of drug-likeness (QED) is 0.883. The lowest BCUT2D eigenvalue weighted by molar-refractivity contribution is 0.0209. The third kappa shape index (κ3) is 2.85. The highest BCUT2D eigenvalue weighted by atomic mass is 32.1. The fraction of sp³-hybridized carbons (Fsp3) is 0.688. The normalized spacial score (nSPS) is 28.8. The summed E-state index contributed by atoms with van der Waals surface area (Å²) < 4.78 is 0. The Bertz CT molecular complexity index is 462. The molecule has 2 rings (SSSR count). The SMILES string of the molecule is CCc1ccc(C(O)C2(C#N)CCCC(CC)C2)s1. The van der Waals surface area contributed by atoms with Gasteiger partial charge in [0.1, 0.15) is 6.10 Å². The highest BCUT2D eigenvalue weighted by Gasteiger charge is 2.43. The minimum Gasteiger partial charge on any atom is -0.386 e. The predicted molar refractivity (Wildman–Crippen MR) is 79.0 cm³/mol. The lowest BCUT2D eigenvalue weighted by Crippen LogP contribution is -2.33. The molecular formula is C16H23NOS. The summed E-state index contributed by atoms with van der Waals surface area (Å²) in [6.45, 7) is 4.31. The third-order valence-corrected chi connectivity index (χ3v) is 5.79. The van der Waals surface area contributed by atoms with Gasteiger partial charge in [-0.25, -0.2) is 0 Å². The first kappa shape index (κ1) is 14.6. The highest BCUT2D eigenvalue weighted by Crippen LogP contribution is 2.49. The van der Waals surface area contributed by atoms with E-state index in [-0.39, 0.29) is 0 Å². The molecular weight excluding hydrogens is 254 g/mol. The van der Waals surface area contributed by atoms with Crippen LogP contribution in [0.5, 0.6) is 0 Å². The van der Waals surface area contributed by atoms with Crippen molar-refractivity contribution in [3.05, 3.63) is 21.9 Å². The zero-order valence-corrected chi connectivity index (χ0v) is 12.7. The van der Waals surface area contributed by atoms with Gasteiger partial charge >= 0.3 is 0 Å². The summed E-state index contributed by atoms with van der Waals surface area (Å²) in [6.07, 6.45) is 5.44. The molecule has 0 aliphatic heterocycles. The molecule has 0 radical (unpaired) electrons. The maximum absolute atomic E-state index is 10.7. The topological polar surface area (TPSA) is 44.0 Å². The first-order valence-electron chi connectivity index (χ1n) is 7.33. The molecule has 104 valence electrons. The van der Waals surface area contributed by atoms with Gasteiger partial charge in [-0.3, -0.25) is 0 Å². The van der Waals surface area contributed by atoms with Crippen LogP contribution in [0.2, 0.25) is 0 Å². The van der Waals surface area contributed by atoms with E-state index in [2.05, 4.69) is 26.0 Å². The van der Waals surface area contributed by atoms with Gasteiger partial charge in [-0.1, -0.05) is 33.1 Å². The van der Waals surface area contributed by atoms with Crippen LogP contribution in [0.25, 0.3) is 0 Å². The maximum atomic E-state index is 10.7. The largest absolute Gasteiger partial charge is 0.386 e. The minimum atomic E-state index is -0.614. The smallest absolute Gasteiger partial charge is 0.107 e. The van der Waals surface area contributed by atoms with Gasteiger partial charge in [-0.05, 0) is 37.3 Å². The van der Waals surface area contributed by atoms with Crippen LogP contribution in [0.4, 0.5) is 0 Å². The van der Waals surface area contributed by atoms with Crippen LogP contribution < -0.4 is 0 Å². The number of thiophene rings is 1. The molecule has 1 aromatic rings. The summed E-state index contributed by atoms with van der Waals surface area (Å²) in [5.74, 6) is 0.591. The number of aliphatic hydroxyl groups is 1. The molecule has 1 aliphatic carbocycles. The van der Waals surface area contributed by atoms with Gasteiger partial charge in [-0.2, -0.15) is 5.26 Å². The van der Waals surface area contributed by atoms with Crippen molar-refractivity contribution in [2.45, 2.75) is 58.5 Å². The molecule has 1 saturated carbocycles. The van der Waals surface area contributed by atoms with Gasteiger partial charge < -0.3 is 5.11 Å². The minimum absolute atomic E-state index is 0.561. The highest BCUT2D eigenvalue weighted by molar-refractivity contribution is 7.12. The van der Waals surface area contributed by atoms with E-state index in [4.69, 9.17) is 0 Å². The Morgan fingerprint density at radius 3 is 2.89 bits per heavy atom. The number of aliphatic hydroxyl groups excluding tert-OH is 1. The molecule has 0 amide bonds. The number of aryl methyl sites for hydroxylation is 1. The lowest BCUT2D eigenvalue weighted by Gasteiger charge is -2.38. The fourth-order valence-electron chi connectivity index (χ4n) is 3.19. The zero-order valence-electron chi connectivity index (χ0n) is 11.9. The van der Waals surface area contributed by atoms with Gasteiger partial charge in [0.15, 0.2) is 0 Å². The molecule has 3 unspecified atom stereocenters. The van der Waals surface area contributed by atoms with Crippen molar-refractivity contribution < 1.29 is 5.11 Å². The van der Waals surface area contributed by atoms with Gasteiger partial charge in [0, 0.05) is 9.75 Å². The van der Waals surface area contributed by atoms with E-state index >= 15 is 0 Å². The van der Waals surface area contributed by atoms with E-state index in [1.807, 2.05) is 6.07 Å². The summed E-state index contributed by atoms with van der Waals surface area (Å²) in [6, 6.07) is 6.54. The Hall–Kier alpha value is -0.850.